The molecule has 0 atom stereocenters. The molecule has 0 aliphatic heterocycles. The molecule has 0 aliphatic carbocycles. The van der Waals surface area contributed by atoms with Crippen molar-refractivity contribution in [3.05, 3.63) is 43.9 Å². The third-order valence-corrected chi connectivity index (χ3v) is 4.01. The Labute approximate surface area is 113 Å². The first-order valence-corrected chi connectivity index (χ1v) is 7.10. The standard InChI is InChI=1S/C12H13IN2S/c1-2-12-15-8-11(16-12)7-14-10-5-3-4-9(13)6-10/h3-6,8,14H,2,7H2,1H3. The number of hydrogen-bond acceptors (Lipinski definition) is 3. The molecule has 0 bridgehead atoms. The summed E-state index contributed by atoms with van der Waals surface area (Å²) < 4.78 is 1.25. The highest BCUT2D eigenvalue weighted by Gasteiger charge is 2.00. The van der Waals surface area contributed by atoms with Crippen molar-refractivity contribution in [1.29, 1.82) is 0 Å². The molecule has 4 heteroatoms. The molecule has 1 heterocycles. The van der Waals surface area contributed by atoms with Gasteiger partial charge in [0.25, 0.3) is 0 Å². The summed E-state index contributed by atoms with van der Waals surface area (Å²) in [5.41, 5.74) is 1.17. The quantitative estimate of drug-likeness (QED) is 0.851. The molecule has 0 unspecified atom stereocenters. The van der Waals surface area contributed by atoms with Crippen LogP contribution < -0.4 is 5.32 Å². The topological polar surface area (TPSA) is 24.9 Å². The fourth-order valence-electron chi connectivity index (χ4n) is 1.38. The maximum atomic E-state index is 4.34. The van der Waals surface area contributed by atoms with Crippen molar-refractivity contribution in [3.63, 3.8) is 0 Å². The number of nitrogens with one attached hydrogen (secondary N) is 1. The van der Waals surface area contributed by atoms with Crippen molar-refractivity contribution in [2.24, 2.45) is 0 Å². The second kappa shape index (κ2) is 5.63. The van der Waals surface area contributed by atoms with Gasteiger partial charge < -0.3 is 5.32 Å². The molecule has 1 N–H and O–H groups in total. The van der Waals surface area contributed by atoms with E-state index in [0.717, 1.165) is 13.0 Å². The number of anilines is 1. The number of aromatic nitrogens is 1. The van der Waals surface area contributed by atoms with Gasteiger partial charge in [-0.05, 0) is 47.2 Å². The fourth-order valence-corrected chi connectivity index (χ4v) is 2.73. The van der Waals surface area contributed by atoms with Crippen molar-refractivity contribution in [2.75, 3.05) is 5.32 Å². The Hall–Kier alpha value is -0.620. The predicted octanol–water partition coefficient (Wildman–Crippen LogP) is 3.92. The number of halogens is 1. The number of aryl methyl sites for hydroxylation is 1. The van der Waals surface area contributed by atoms with Gasteiger partial charge in [0, 0.05) is 20.3 Å². The monoisotopic (exact) mass is 344 g/mol. The summed E-state index contributed by atoms with van der Waals surface area (Å²) in [6.45, 7) is 2.99. The number of hydrogen-bond donors (Lipinski definition) is 1. The van der Waals surface area contributed by atoms with E-state index < -0.39 is 0 Å². The van der Waals surface area contributed by atoms with Crippen molar-refractivity contribution >= 4 is 39.6 Å². The van der Waals surface area contributed by atoms with Crippen molar-refractivity contribution < 1.29 is 0 Å². The molecule has 0 aliphatic rings. The average Bonchev–Trinajstić information content (AvgIpc) is 2.74. The first-order valence-electron chi connectivity index (χ1n) is 5.21. The second-order valence-corrected chi connectivity index (χ2v) is 5.88. The van der Waals surface area contributed by atoms with Gasteiger partial charge in [-0.25, -0.2) is 4.98 Å². The van der Waals surface area contributed by atoms with Crippen LogP contribution in [-0.4, -0.2) is 4.98 Å². The highest BCUT2D eigenvalue weighted by atomic mass is 127. The van der Waals surface area contributed by atoms with Crippen LogP contribution in [0.3, 0.4) is 0 Å². The maximum absolute atomic E-state index is 4.34. The number of benzene rings is 1. The van der Waals surface area contributed by atoms with Gasteiger partial charge in [0.05, 0.1) is 11.6 Å². The smallest absolute Gasteiger partial charge is 0.0925 e. The first kappa shape index (κ1) is 11.9. The van der Waals surface area contributed by atoms with E-state index in [9.17, 15) is 0 Å². The van der Waals surface area contributed by atoms with E-state index in [1.807, 2.05) is 6.20 Å². The zero-order valence-electron chi connectivity index (χ0n) is 9.03. The van der Waals surface area contributed by atoms with E-state index in [4.69, 9.17) is 0 Å². The van der Waals surface area contributed by atoms with Gasteiger partial charge >= 0.3 is 0 Å². The lowest BCUT2D eigenvalue weighted by atomic mass is 10.3. The van der Waals surface area contributed by atoms with Crippen LogP contribution in [0.5, 0.6) is 0 Å². The lowest BCUT2D eigenvalue weighted by Crippen LogP contribution is -1.97. The third-order valence-electron chi connectivity index (χ3n) is 2.20. The predicted molar refractivity (Wildman–Crippen MR) is 78.0 cm³/mol. The molecule has 2 rings (SSSR count). The summed E-state index contributed by atoms with van der Waals surface area (Å²) in [7, 11) is 0. The van der Waals surface area contributed by atoms with Gasteiger partial charge in [-0.1, -0.05) is 13.0 Å². The van der Waals surface area contributed by atoms with Crippen LogP contribution in [0.25, 0.3) is 0 Å². The molecule has 0 fully saturated rings. The SMILES string of the molecule is CCc1ncc(CNc2cccc(I)c2)s1. The lowest BCUT2D eigenvalue weighted by Gasteiger charge is -2.04. The van der Waals surface area contributed by atoms with Crippen molar-refractivity contribution in [3.8, 4) is 0 Å². The van der Waals surface area contributed by atoms with Gasteiger partial charge in [-0.15, -0.1) is 11.3 Å². The van der Waals surface area contributed by atoms with Gasteiger partial charge in [0.2, 0.25) is 0 Å². The van der Waals surface area contributed by atoms with Crippen LogP contribution in [0, 0.1) is 3.57 Å². The molecular formula is C12H13IN2S. The lowest BCUT2D eigenvalue weighted by molar-refractivity contribution is 1.09. The summed E-state index contributed by atoms with van der Waals surface area (Å²) in [6.07, 6.45) is 2.98. The molecule has 2 aromatic rings. The minimum Gasteiger partial charge on any atom is -0.380 e. The number of thiazole rings is 1. The Balaban J connectivity index is 1.96. The molecule has 0 saturated carbocycles. The Kier molecular flexibility index (Phi) is 4.17. The zero-order valence-corrected chi connectivity index (χ0v) is 12.0. The molecule has 84 valence electrons. The largest absolute Gasteiger partial charge is 0.380 e. The summed E-state index contributed by atoms with van der Waals surface area (Å²) in [4.78, 5) is 5.63. The zero-order chi connectivity index (χ0) is 11.4. The van der Waals surface area contributed by atoms with E-state index >= 15 is 0 Å². The molecule has 0 radical (unpaired) electrons. The summed E-state index contributed by atoms with van der Waals surface area (Å²) in [6, 6.07) is 8.38. The summed E-state index contributed by atoms with van der Waals surface area (Å²) in [5.74, 6) is 0. The number of rotatable bonds is 4. The molecule has 0 spiro atoms. The Morgan fingerprint density at radius 1 is 1.44 bits per heavy atom. The highest BCUT2D eigenvalue weighted by Crippen LogP contribution is 2.17. The molecule has 1 aromatic heterocycles. The molecule has 16 heavy (non-hydrogen) atoms. The molecule has 0 saturated heterocycles. The van der Waals surface area contributed by atoms with Gasteiger partial charge in [0.1, 0.15) is 0 Å². The van der Waals surface area contributed by atoms with E-state index in [-0.39, 0.29) is 0 Å². The van der Waals surface area contributed by atoms with Gasteiger partial charge in [-0.2, -0.15) is 0 Å². The molecular weight excluding hydrogens is 331 g/mol. The van der Waals surface area contributed by atoms with Crippen molar-refractivity contribution in [1.82, 2.24) is 4.98 Å². The van der Waals surface area contributed by atoms with Crippen LogP contribution in [0.2, 0.25) is 0 Å². The Morgan fingerprint density at radius 2 is 2.31 bits per heavy atom. The van der Waals surface area contributed by atoms with E-state index in [1.54, 1.807) is 11.3 Å². The maximum Gasteiger partial charge on any atom is 0.0925 e. The molecule has 0 amide bonds. The van der Waals surface area contributed by atoms with Crippen LogP contribution in [0.4, 0.5) is 5.69 Å². The normalized spacial score (nSPS) is 10.4. The Morgan fingerprint density at radius 3 is 3.00 bits per heavy atom. The van der Waals surface area contributed by atoms with Crippen LogP contribution in [-0.2, 0) is 13.0 Å². The van der Waals surface area contributed by atoms with E-state index in [1.165, 1.54) is 19.1 Å². The molecule has 1 aromatic carbocycles. The van der Waals surface area contributed by atoms with Gasteiger partial charge in [-0.3, -0.25) is 0 Å². The van der Waals surface area contributed by atoms with Gasteiger partial charge in [0.15, 0.2) is 0 Å². The summed E-state index contributed by atoms with van der Waals surface area (Å²) >= 11 is 4.10. The Bertz CT molecular complexity index is 468. The van der Waals surface area contributed by atoms with Crippen LogP contribution >= 0.6 is 33.9 Å². The second-order valence-electron chi connectivity index (χ2n) is 3.44. The fraction of sp³-hybridized carbons (Fsp3) is 0.250. The minimum atomic E-state index is 0.859. The van der Waals surface area contributed by atoms with Crippen LogP contribution in [0.15, 0.2) is 30.5 Å². The number of nitrogens with zero attached hydrogens (tertiary/aromatic N) is 1. The first-order chi connectivity index (χ1) is 7.78. The summed E-state index contributed by atoms with van der Waals surface area (Å²) in [5, 5.41) is 4.61. The molecule has 2 nitrogen and oxygen atoms in total. The van der Waals surface area contributed by atoms with E-state index in [0.29, 0.717) is 0 Å². The van der Waals surface area contributed by atoms with Crippen molar-refractivity contribution in [2.45, 2.75) is 19.9 Å². The average molecular weight is 344 g/mol. The highest BCUT2D eigenvalue weighted by molar-refractivity contribution is 14.1. The van der Waals surface area contributed by atoms with Crippen LogP contribution in [0.1, 0.15) is 16.8 Å². The van der Waals surface area contributed by atoms with E-state index in [2.05, 4.69) is 64.1 Å². The minimum absolute atomic E-state index is 0.859. The third kappa shape index (κ3) is 3.18.